The number of aliphatic hydroxyl groups excluding tert-OH is 1. The van der Waals surface area contributed by atoms with Crippen molar-refractivity contribution in [3.63, 3.8) is 0 Å². The molecule has 1 heterocycles. The van der Waals surface area contributed by atoms with Gasteiger partial charge in [-0.2, -0.15) is 0 Å². The molecule has 0 aromatic heterocycles. The maximum Gasteiger partial charge on any atom is 0.0596 e. The van der Waals surface area contributed by atoms with Crippen LogP contribution in [-0.4, -0.2) is 35.7 Å². The molecule has 0 radical (unpaired) electrons. The molecule has 2 heteroatoms. The number of hydrogen-bond donors (Lipinski definition) is 1. The predicted molar refractivity (Wildman–Crippen MR) is 35.1 cm³/mol. The molecule has 0 aromatic carbocycles. The molecule has 0 unspecified atom stereocenters. The van der Waals surface area contributed by atoms with Crippen molar-refractivity contribution in [2.24, 2.45) is 5.92 Å². The SMILES string of the molecule is CN1C[C@@H]2C[C@H]1C[C@@H]2O. The van der Waals surface area contributed by atoms with E-state index in [1.165, 1.54) is 6.42 Å². The number of aliphatic hydroxyl groups is 1. The number of piperidine rings is 1. The van der Waals surface area contributed by atoms with Crippen LogP contribution in [0.2, 0.25) is 0 Å². The van der Waals surface area contributed by atoms with Gasteiger partial charge in [-0.1, -0.05) is 0 Å². The Morgan fingerprint density at radius 2 is 2.22 bits per heavy atom. The Labute approximate surface area is 55.5 Å². The Kier molecular flexibility index (Phi) is 1.08. The van der Waals surface area contributed by atoms with Crippen molar-refractivity contribution < 1.29 is 5.11 Å². The van der Waals surface area contributed by atoms with Gasteiger partial charge in [0.2, 0.25) is 0 Å². The fourth-order valence-corrected chi connectivity index (χ4v) is 2.15. The summed E-state index contributed by atoms with van der Waals surface area (Å²) in [5.41, 5.74) is 0. The summed E-state index contributed by atoms with van der Waals surface area (Å²) in [7, 11) is 2.15. The first-order chi connectivity index (χ1) is 4.27. The van der Waals surface area contributed by atoms with Crippen molar-refractivity contribution in [3.8, 4) is 0 Å². The molecular formula is C7H13NO. The van der Waals surface area contributed by atoms with Crippen LogP contribution in [-0.2, 0) is 0 Å². The average Bonchev–Trinajstić information content (AvgIpc) is 2.24. The van der Waals surface area contributed by atoms with Gasteiger partial charge in [0.05, 0.1) is 6.10 Å². The lowest BCUT2D eigenvalue weighted by Crippen LogP contribution is -2.34. The van der Waals surface area contributed by atoms with Gasteiger partial charge < -0.3 is 10.0 Å². The smallest absolute Gasteiger partial charge is 0.0596 e. The number of rotatable bonds is 0. The fraction of sp³-hybridized carbons (Fsp3) is 1.00. The first kappa shape index (κ1) is 5.69. The standard InChI is InChI=1S/C7H13NO/c1-8-4-5-2-6(8)3-7(5)9/h5-7,9H,2-4H2,1H3/t5-,6-,7-/m0/s1. The Morgan fingerprint density at radius 1 is 1.44 bits per heavy atom. The van der Waals surface area contributed by atoms with E-state index in [0.717, 1.165) is 13.0 Å². The quantitative estimate of drug-likeness (QED) is 0.498. The summed E-state index contributed by atoms with van der Waals surface area (Å²) in [6.45, 7) is 1.12. The highest BCUT2D eigenvalue weighted by atomic mass is 16.3. The molecule has 0 spiro atoms. The van der Waals surface area contributed by atoms with Gasteiger partial charge in [0.25, 0.3) is 0 Å². The topological polar surface area (TPSA) is 23.5 Å². The third kappa shape index (κ3) is 0.700. The van der Waals surface area contributed by atoms with Gasteiger partial charge in [0.1, 0.15) is 0 Å². The minimum atomic E-state index is 0.0196. The van der Waals surface area contributed by atoms with E-state index in [4.69, 9.17) is 0 Å². The van der Waals surface area contributed by atoms with Crippen molar-refractivity contribution in [2.45, 2.75) is 25.0 Å². The van der Waals surface area contributed by atoms with Gasteiger partial charge in [0.15, 0.2) is 0 Å². The number of hydrogen-bond acceptors (Lipinski definition) is 2. The van der Waals surface area contributed by atoms with Crippen LogP contribution >= 0.6 is 0 Å². The van der Waals surface area contributed by atoms with E-state index in [0.29, 0.717) is 12.0 Å². The lowest BCUT2D eigenvalue weighted by Gasteiger charge is -2.24. The van der Waals surface area contributed by atoms with Crippen LogP contribution in [0.5, 0.6) is 0 Å². The summed E-state index contributed by atoms with van der Waals surface area (Å²) in [6.07, 6.45) is 2.27. The van der Waals surface area contributed by atoms with E-state index in [2.05, 4.69) is 11.9 Å². The Bertz CT molecular complexity index is 108. The van der Waals surface area contributed by atoms with Gasteiger partial charge in [-0.05, 0) is 25.8 Å². The monoisotopic (exact) mass is 127 g/mol. The molecule has 2 bridgehead atoms. The predicted octanol–water partition coefficient (Wildman–Crippen LogP) is 0.0713. The molecule has 1 aliphatic carbocycles. The van der Waals surface area contributed by atoms with Crippen LogP contribution in [0.1, 0.15) is 12.8 Å². The zero-order chi connectivity index (χ0) is 6.43. The van der Waals surface area contributed by atoms with Crippen molar-refractivity contribution in [1.29, 1.82) is 0 Å². The Balaban J connectivity index is 2.10. The number of likely N-dealkylation sites (tertiary alicyclic amines) is 1. The molecule has 0 amide bonds. The van der Waals surface area contributed by atoms with Gasteiger partial charge in [-0.3, -0.25) is 0 Å². The van der Waals surface area contributed by atoms with Crippen LogP contribution in [0.15, 0.2) is 0 Å². The van der Waals surface area contributed by atoms with E-state index >= 15 is 0 Å². The Hall–Kier alpha value is -0.0800. The molecule has 1 aliphatic heterocycles. The summed E-state index contributed by atoms with van der Waals surface area (Å²) in [6, 6.07) is 0.699. The van der Waals surface area contributed by atoms with E-state index in [1.807, 2.05) is 0 Å². The number of fused-ring (bicyclic) bond motifs is 2. The minimum Gasteiger partial charge on any atom is -0.393 e. The molecule has 2 nitrogen and oxygen atoms in total. The molecule has 2 rings (SSSR count). The first-order valence-corrected chi connectivity index (χ1v) is 3.65. The molecule has 0 aromatic rings. The van der Waals surface area contributed by atoms with Crippen LogP contribution in [0.3, 0.4) is 0 Å². The second-order valence-electron chi connectivity index (χ2n) is 3.39. The summed E-state index contributed by atoms with van der Waals surface area (Å²) >= 11 is 0. The highest BCUT2D eigenvalue weighted by Gasteiger charge is 2.41. The van der Waals surface area contributed by atoms with Crippen molar-refractivity contribution in [1.82, 2.24) is 4.90 Å². The molecule has 1 saturated heterocycles. The van der Waals surface area contributed by atoms with Gasteiger partial charge in [-0.25, -0.2) is 0 Å². The van der Waals surface area contributed by atoms with E-state index < -0.39 is 0 Å². The molecule has 3 atom stereocenters. The largest absolute Gasteiger partial charge is 0.393 e. The second-order valence-corrected chi connectivity index (χ2v) is 3.39. The lowest BCUT2D eigenvalue weighted by atomic mass is 10.1. The maximum absolute atomic E-state index is 9.31. The summed E-state index contributed by atoms with van der Waals surface area (Å²) in [4.78, 5) is 2.36. The van der Waals surface area contributed by atoms with Crippen LogP contribution in [0.25, 0.3) is 0 Å². The van der Waals surface area contributed by atoms with Crippen molar-refractivity contribution in [2.75, 3.05) is 13.6 Å². The highest BCUT2D eigenvalue weighted by Crippen LogP contribution is 2.36. The zero-order valence-electron chi connectivity index (χ0n) is 5.75. The molecule has 1 N–H and O–H groups in total. The van der Waals surface area contributed by atoms with Crippen LogP contribution in [0, 0.1) is 5.92 Å². The van der Waals surface area contributed by atoms with Gasteiger partial charge in [0, 0.05) is 12.6 Å². The van der Waals surface area contributed by atoms with Crippen molar-refractivity contribution in [3.05, 3.63) is 0 Å². The molecule has 9 heavy (non-hydrogen) atoms. The molecule has 2 aliphatic rings. The van der Waals surface area contributed by atoms with E-state index in [-0.39, 0.29) is 6.10 Å². The van der Waals surface area contributed by atoms with Gasteiger partial charge in [-0.15, -0.1) is 0 Å². The second kappa shape index (κ2) is 1.70. The van der Waals surface area contributed by atoms with E-state index in [9.17, 15) is 5.11 Å². The molecule has 52 valence electrons. The van der Waals surface area contributed by atoms with Crippen molar-refractivity contribution >= 4 is 0 Å². The number of nitrogens with zero attached hydrogens (tertiary/aromatic N) is 1. The van der Waals surface area contributed by atoms with Gasteiger partial charge >= 0.3 is 0 Å². The average molecular weight is 127 g/mol. The van der Waals surface area contributed by atoms with Crippen LogP contribution in [0.4, 0.5) is 0 Å². The van der Waals surface area contributed by atoms with Crippen LogP contribution < -0.4 is 0 Å². The summed E-state index contributed by atoms with van der Waals surface area (Å²) in [5, 5.41) is 9.31. The highest BCUT2D eigenvalue weighted by molar-refractivity contribution is 4.95. The Morgan fingerprint density at radius 3 is 2.56 bits per heavy atom. The molecule has 1 saturated carbocycles. The third-order valence-electron chi connectivity index (χ3n) is 2.78. The first-order valence-electron chi connectivity index (χ1n) is 3.65. The minimum absolute atomic E-state index is 0.0196. The zero-order valence-corrected chi connectivity index (χ0v) is 5.75. The fourth-order valence-electron chi connectivity index (χ4n) is 2.15. The summed E-state index contributed by atoms with van der Waals surface area (Å²) < 4.78 is 0. The van der Waals surface area contributed by atoms with E-state index in [1.54, 1.807) is 0 Å². The third-order valence-corrected chi connectivity index (χ3v) is 2.78. The summed E-state index contributed by atoms with van der Waals surface area (Å²) in [5.74, 6) is 0.597. The molecule has 2 fully saturated rings. The normalized spacial score (nSPS) is 50.7. The lowest BCUT2D eigenvalue weighted by molar-refractivity contribution is 0.0848. The maximum atomic E-state index is 9.31. The molecular weight excluding hydrogens is 114 g/mol.